The van der Waals surface area contributed by atoms with Crippen molar-refractivity contribution in [2.45, 2.75) is 83.0 Å². The van der Waals surface area contributed by atoms with E-state index in [0.717, 1.165) is 22.0 Å². The summed E-state index contributed by atoms with van der Waals surface area (Å²) in [6.45, 7) is 2.81. The van der Waals surface area contributed by atoms with Crippen molar-refractivity contribution >= 4 is 34.5 Å². The van der Waals surface area contributed by atoms with E-state index in [0.29, 0.717) is 54.4 Å². The molecule has 11 nitrogen and oxygen atoms in total. The van der Waals surface area contributed by atoms with Crippen molar-refractivity contribution in [1.29, 1.82) is 0 Å². The molecule has 48 heavy (non-hydrogen) atoms. The summed E-state index contributed by atoms with van der Waals surface area (Å²) in [6, 6.07) is 7.80. The van der Waals surface area contributed by atoms with Crippen LogP contribution in [0.2, 0.25) is 0 Å². The first-order valence-corrected chi connectivity index (χ1v) is 16.4. The molecule has 2 aliphatic heterocycles. The molecule has 0 radical (unpaired) electrons. The molecule has 1 saturated carbocycles. The number of aromatic nitrogens is 1. The number of ketones is 1. The Morgan fingerprint density at radius 1 is 1.15 bits per heavy atom. The lowest BCUT2D eigenvalue weighted by Crippen LogP contribution is -2.42. The van der Waals surface area contributed by atoms with Crippen LogP contribution in [-0.4, -0.2) is 70.4 Å². The van der Waals surface area contributed by atoms with Crippen LogP contribution in [0.5, 0.6) is 17.2 Å². The number of allylic oxidation sites excluding steroid dienone is 3. The van der Waals surface area contributed by atoms with Gasteiger partial charge in [-0.05, 0) is 75.1 Å². The number of carbonyl (C=O) groups is 3. The molecular weight excluding hydrogens is 618 g/mol. The molecule has 254 valence electrons. The van der Waals surface area contributed by atoms with Crippen LogP contribution in [-0.2, 0) is 32.1 Å². The number of esters is 1. The van der Waals surface area contributed by atoms with E-state index in [2.05, 4.69) is 4.98 Å². The van der Waals surface area contributed by atoms with Gasteiger partial charge in [-0.1, -0.05) is 11.6 Å². The Balaban J connectivity index is 1.54. The van der Waals surface area contributed by atoms with E-state index >= 15 is 0 Å². The maximum Gasteiger partial charge on any atom is 0.375 e. The van der Waals surface area contributed by atoms with Gasteiger partial charge in [0.15, 0.2) is 6.29 Å². The van der Waals surface area contributed by atoms with Crippen molar-refractivity contribution in [1.82, 2.24) is 4.98 Å². The van der Waals surface area contributed by atoms with Gasteiger partial charge in [-0.3, -0.25) is 9.59 Å². The zero-order valence-electron chi connectivity index (χ0n) is 27.4. The molecule has 0 bridgehead atoms. The normalized spacial score (nSPS) is 21.7. The molecule has 11 heteroatoms. The molecule has 3 aliphatic rings. The number of aromatic amines is 1. The number of Topliss-reactive ketones (excluding diaryl/α,β-unsaturated/α-hetero) is 1. The van der Waals surface area contributed by atoms with E-state index in [4.69, 9.17) is 18.9 Å². The standard InChI is InChI=1S/C37H41NO10/c1-4-46-36(43)35-25(18-40)30(22-8-10-28(42)23(16-22)20-7-9-27-21(15-20)11-13-38-27)31-33(45-3)24-17-29(37(2,44)12-5-6-14-39)47-32(24)26(19-41)34(31)48-35/h7,9,11,13,15,18,23,29,38-39,41,44H,4-6,8,10,12,14,16-17,19H2,1-3H3/b30-22-/t23-,29-,37-/m0/s1. The first-order chi connectivity index (χ1) is 23.2. The minimum Gasteiger partial charge on any atom is -0.496 e. The SMILES string of the molecule is CCOC(=O)C1=C(C=O)/C(=C2\CCC(=O)[C@H](c3ccc4[nH]ccc4c3)C2)c2c(OC)c3c(c(CO)c2O1)O[C@H]([C@@](C)(O)CCCCO)C3. The Morgan fingerprint density at radius 2 is 1.96 bits per heavy atom. The summed E-state index contributed by atoms with van der Waals surface area (Å²) in [5, 5.41) is 32.4. The number of nitrogens with one attached hydrogen (secondary N) is 1. The van der Waals surface area contributed by atoms with Gasteiger partial charge in [0.2, 0.25) is 5.76 Å². The van der Waals surface area contributed by atoms with Gasteiger partial charge in [0.1, 0.15) is 29.1 Å². The lowest BCUT2D eigenvalue weighted by molar-refractivity contribution is -0.141. The quantitative estimate of drug-likeness (QED) is 0.130. The summed E-state index contributed by atoms with van der Waals surface area (Å²) >= 11 is 0. The summed E-state index contributed by atoms with van der Waals surface area (Å²) in [5.41, 5.74) is 2.85. The minimum absolute atomic E-state index is 0.00780. The number of fused-ring (bicyclic) bond motifs is 3. The van der Waals surface area contributed by atoms with Gasteiger partial charge in [0.05, 0.1) is 42.6 Å². The van der Waals surface area contributed by atoms with Crippen LogP contribution in [0.4, 0.5) is 0 Å². The maximum absolute atomic E-state index is 13.4. The summed E-state index contributed by atoms with van der Waals surface area (Å²) in [5.74, 6) is -0.903. The number of unbranched alkanes of at least 4 members (excludes halogenated alkanes) is 1. The van der Waals surface area contributed by atoms with Crippen molar-refractivity contribution < 1.29 is 48.7 Å². The van der Waals surface area contributed by atoms with Crippen LogP contribution in [0.25, 0.3) is 16.5 Å². The van der Waals surface area contributed by atoms with Crippen molar-refractivity contribution in [2.24, 2.45) is 0 Å². The molecule has 1 aromatic heterocycles. The zero-order chi connectivity index (χ0) is 34.2. The second kappa shape index (κ2) is 13.6. The fourth-order valence-electron chi connectivity index (χ4n) is 7.26. The molecule has 0 spiro atoms. The van der Waals surface area contributed by atoms with Gasteiger partial charge in [-0.25, -0.2) is 4.79 Å². The Bertz CT molecular complexity index is 1830. The maximum atomic E-state index is 13.4. The van der Waals surface area contributed by atoms with Crippen LogP contribution in [0.15, 0.2) is 47.4 Å². The van der Waals surface area contributed by atoms with Crippen molar-refractivity contribution in [3.63, 3.8) is 0 Å². The van der Waals surface area contributed by atoms with Gasteiger partial charge < -0.3 is 39.3 Å². The van der Waals surface area contributed by atoms with E-state index in [1.807, 2.05) is 30.5 Å². The van der Waals surface area contributed by atoms with E-state index in [9.17, 15) is 29.7 Å². The van der Waals surface area contributed by atoms with E-state index in [1.165, 1.54) is 7.11 Å². The first-order valence-electron chi connectivity index (χ1n) is 16.4. The topological polar surface area (TPSA) is 165 Å². The van der Waals surface area contributed by atoms with Crippen LogP contribution in [0.1, 0.15) is 80.5 Å². The number of H-pyrrole nitrogens is 1. The molecule has 3 aromatic rings. The third-order valence-corrected chi connectivity index (χ3v) is 9.74. The number of ether oxygens (including phenoxy) is 4. The van der Waals surface area contributed by atoms with E-state index in [1.54, 1.807) is 13.8 Å². The zero-order valence-corrected chi connectivity index (χ0v) is 27.4. The highest BCUT2D eigenvalue weighted by Gasteiger charge is 2.45. The number of rotatable bonds is 11. The molecule has 1 aliphatic carbocycles. The van der Waals surface area contributed by atoms with Crippen molar-refractivity contribution in [3.05, 3.63) is 69.6 Å². The number of aliphatic hydroxyl groups excluding tert-OH is 2. The van der Waals surface area contributed by atoms with Gasteiger partial charge in [-0.15, -0.1) is 0 Å². The largest absolute Gasteiger partial charge is 0.496 e. The Kier molecular flexibility index (Phi) is 9.46. The van der Waals surface area contributed by atoms with E-state index in [-0.39, 0.29) is 66.7 Å². The highest BCUT2D eigenvalue weighted by molar-refractivity contribution is 6.11. The Labute approximate surface area is 278 Å². The lowest BCUT2D eigenvalue weighted by Gasteiger charge is -2.32. The fraction of sp³-hybridized carbons (Fsp3) is 0.432. The molecular formula is C37H41NO10. The predicted molar refractivity (Wildman–Crippen MR) is 176 cm³/mol. The lowest BCUT2D eigenvalue weighted by atomic mass is 9.75. The summed E-state index contributed by atoms with van der Waals surface area (Å²) in [7, 11) is 1.48. The average Bonchev–Trinajstić information content (AvgIpc) is 3.75. The van der Waals surface area contributed by atoms with Crippen molar-refractivity contribution in [2.75, 3.05) is 20.3 Å². The molecule has 0 unspecified atom stereocenters. The number of aliphatic hydroxyl groups is 3. The minimum atomic E-state index is -1.28. The highest BCUT2D eigenvalue weighted by Crippen LogP contribution is 2.56. The third-order valence-electron chi connectivity index (χ3n) is 9.74. The third kappa shape index (κ3) is 5.80. The molecule has 4 N–H and O–H groups in total. The molecule has 0 saturated heterocycles. The molecule has 1 fully saturated rings. The highest BCUT2D eigenvalue weighted by atomic mass is 16.6. The monoisotopic (exact) mass is 659 g/mol. The van der Waals surface area contributed by atoms with E-state index < -0.39 is 30.2 Å². The number of hydrogen-bond acceptors (Lipinski definition) is 10. The van der Waals surface area contributed by atoms with Gasteiger partial charge in [0.25, 0.3) is 0 Å². The second-order valence-corrected chi connectivity index (χ2v) is 12.7. The molecule has 2 aromatic carbocycles. The number of methoxy groups -OCH3 is 1. The number of hydrogen-bond donors (Lipinski definition) is 4. The fourth-order valence-corrected chi connectivity index (χ4v) is 7.26. The Hall–Kier alpha value is -4.45. The molecule has 3 heterocycles. The molecule has 6 rings (SSSR count). The van der Waals surface area contributed by atoms with Crippen molar-refractivity contribution in [3.8, 4) is 17.2 Å². The Morgan fingerprint density at radius 3 is 2.67 bits per heavy atom. The van der Waals surface area contributed by atoms with Crippen LogP contribution < -0.4 is 14.2 Å². The van der Waals surface area contributed by atoms with Crippen LogP contribution >= 0.6 is 0 Å². The summed E-state index contributed by atoms with van der Waals surface area (Å²) in [6.07, 6.45) is 4.21. The number of carbonyl (C=O) groups excluding carboxylic acids is 3. The second-order valence-electron chi connectivity index (χ2n) is 12.7. The smallest absolute Gasteiger partial charge is 0.375 e. The number of aldehydes is 1. The average molecular weight is 660 g/mol. The summed E-state index contributed by atoms with van der Waals surface area (Å²) in [4.78, 5) is 42.9. The van der Waals surface area contributed by atoms with Crippen LogP contribution in [0.3, 0.4) is 0 Å². The molecule has 0 amide bonds. The first kappa shape index (κ1) is 33.5. The molecule has 3 atom stereocenters. The summed E-state index contributed by atoms with van der Waals surface area (Å²) < 4.78 is 23.8. The van der Waals surface area contributed by atoms with Gasteiger partial charge in [-0.2, -0.15) is 0 Å². The van der Waals surface area contributed by atoms with Crippen LogP contribution in [0, 0.1) is 0 Å². The predicted octanol–water partition coefficient (Wildman–Crippen LogP) is 4.58. The van der Waals surface area contributed by atoms with Gasteiger partial charge in [0, 0.05) is 48.2 Å². The number of benzene rings is 2. The van der Waals surface area contributed by atoms with Gasteiger partial charge >= 0.3 is 5.97 Å².